The van der Waals surface area contributed by atoms with Crippen molar-refractivity contribution in [1.29, 1.82) is 0 Å². The summed E-state index contributed by atoms with van der Waals surface area (Å²) in [6.45, 7) is 0. The van der Waals surface area contributed by atoms with Crippen LogP contribution in [-0.2, 0) is 0 Å². The molecule has 0 unspecified atom stereocenters. The van der Waals surface area contributed by atoms with Crippen LogP contribution in [0.3, 0.4) is 0 Å². The molecule has 4 aromatic carbocycles. The lowest BCUT2D eigenvalue weighted by Crippen LogP contribution is -1.97. The van der Waals surface area contributed by atoms with Gasteiger partial charge in [0.2, 0.25) is 17.2 Å². The first-order valence-electron chi connectivity index (χ1n) is 13.0. The minimum Gasteiger partial charge on any atom is -0.493 e. The highest BCUT2D eigenvalue weighted by molar-refractivity contribution is 5.85. The van der Waals surface area contributed by atoms with Crippen LogP contribution in [0.15, 0.2) is 54.6 Å². The van der Waals surface area contributed by atoms with E-state index in [0.717, 1.165) is 33.4 Å². The summed E-state index contributed by atoms with van der Waals surface area (Å²) < 4.78 is 50.5. The standard InChI is InChI=1S/C33H36O9/c1-34-25-13-22(14-26(35-2)31(25)40-7)19-10-20(23-15-27(36-3)32(41-8)28(16-23)37-4)12-21(11-19)24-17-29(38-5)33(42-9)30(18-24)39-6/h10-18H,1-9H3. The van der Waals surface area contributed by atoms with Crippen molar-refractivity contribution in [3.05, 3.63) is 54.6 Å². The SMILES string of the molecule is COc1cc(-c2cc(-c3cc(OC)c(OC)c(OC)c3)cc(-c3cc(OC)c(OC)c(OC)c3)c2)cc(OC)c1OC. The van der Waals surface area contributed by atoms with Gasteiger partial charge in [-0.2, -0.15) is 0 Å². The van der Waals surface area contributed by atoms with Gasteiger partial charge < -0.3 is 42.6 Å². The molecule has 0 radical (unpaired) electrons. The van der Waals surface area contributed by atoms with E-state index in [1.165, 1.54) is 0 Å². The quantitative estimate of drug-likeness (QED) is 0.182. The van der Waals surface area contributed by atoms with Crippen LogP contribution < -0.4 is 42.6 Å². The molecular formula is C33H36O9. The van der Waals surface area contributed by atoms with Crippen LogP contribution in [0.2, 0.25) is 0 Å². The van der Waals surface area contributed by atoms with Crippen molar-refractivity contribution in [3.63, 3.8) is 0 Å². The van der Waals surface area contributed by atoms with Crippen molar-refractivity contribution in [3.8, 4) is 85.1 Å². The van der Waals surface area contributed by atoms with E-state index < -0.39 is 0 Å². The van der Waals surface area contributed by atoms with E-state index in [4.69, 9.17) is 42.6 Å². The maximum Gasteiger partial charge on any atom is 0.203 e. The summed E-state index contributed by atoms with van der Waals surface area (Å²) in [6.07, 6.45) is 0. The van der Waals surface area contributed by atoms with Crippen LogP contribution >= 0.6 is 0 Å². The van der Waals surface area contributed by atoms with Crippen LogP contribution in [0.5, 0.6) is 51.7 Å². The molecule has 0 aliphatic rings. The van der Waals surface area contributed by atoms with E-state index in [0.29, 0.717) is 51.7 Å². The molecule has 4 aromatic rings. The molecule has 42 heavy (non-hydrogen) atoms. The normalized spacial score (nSPS) is 10.5. The van der Waals surface area contributed by atoms with E-state index in [1.54, 1.807) is 64.0 Å². The van der Waals surface area contributed by atoms with Gasteiger partial charge in [0.15, 0.2) is 34.5 Å². The van der Waals surface area contributed by atoms with Crippen LogP contribution in [0.1, 0.15) is 0 Å². The van der Waals surface area contributed by atoms with Crippen molar-refractivity contribution >= 4 is 0 Å². The molecule has 9 nitrogen and oxygen atoms in total. The molecule has 0 amide bonds. The molecule has 4 rings (SSSR count). The molecule has 0 fully saturated rings. The Hall–Kier alpha value is -4.92. The zero-order valence-electron chi connectivity index (χ0n) is 25.4. The van der Waals surface area contributed by atoms with Crippen molar-refractivity contribution < 1.29 is 42.6 Å². The lowest BCUT2D eigenvalue weighted by atomic mass is 9.92. The predicted octanol–water partition coefficient (Wildman–Crippen LogP) is 6.77. The highest BCUT2D eigenvalue weighted by Gasteiger charge is 2.20. The zero-order valence-corrected chi connectivity index (χ0v) is 25.4. The molecule has 0 atom stereocenters. The number of hydrogen-bond acceptors (Lipinski definition) is 9. The molecule has 0 aliphatic heterocycles. The first kappa shape index (κ1) is 30.0. The third-order valence-electron chi connectivity index (χ3n) is 6.93. The summed E-state index contributed by atoms with van der Waals surface area (Å²) in [5.41, 5.74) is 5.24. The topological polar surface area (TPSA) is 83.1 Å². The van der Waals surface area contributed by atoms with Crippen LogP contribution in [-0.4, -0.2) is 64.0 Å². The molecule has 0 aliphatic carbocycles. The van der Waals surface area contributed by atoms with Crippen molar-refractivity contribution in [2.45, 2.75) is 0 Å². The van der Waals surface area contributed by atoms with Gasteiger partial charge in [0, 0.05) is 0 Å². The summed E-state index contributed by atoms with van der Waals surface area (Å²) >= 11 is 0. The van der Waals surface area contributed by atoms with E-state index in [-0.39, 0.29) is 0 Å². The Bertz CT molecular complexity index is 1290. The number of ether oxygens (including phenoxy) is 9. The third-order valence-corrected chi connectivity index (χ3v) is 6.93. The summed E-state index contributed by atoms with van der Waals surface area (Å²) in [4.78, 5) is 0. The minimum absolute atomic E-state index is 0.509. The number of benzene rings is 4. The van der Waals surface area contributed by atoms with Crippen LogP contribution in [0, 0.1) is 0 Å². The van der Waals surface area contributed by atoms with Gasteiger partial charge in [0.05, 0.1) is 64.0 Å². The second-order valence-electron chi connectivity index (χ2n) is 9.04. The fourth-order valence-corrected chi connectivity index (χ4v) is 4.87. The number of hydrogen-bond donors (Lipinski definition) is 0. The largest absolute Gasteiger partial charge is 0.493 e. The van der Waals surface area contributed by atoms with Gasteiger partial charge in [-0.05, 0) is 88.0 Å². The number of rotatable bonds is 12. The highest BCUT2D eigenvalue weighted by atomic mass is 16.5. The maximum absolute atomic E-state index is 5.64. The molecule has 9 heteroatoms. The van der Waals surface area contributed by atoms with Crippen molar-refractivity contribution in [1.82, 2.24) is 0 Å². The molecule has 0 saturated carbocycles. The van der Waals surface area contributed by atoms with Crippen LogP contribution in [0.25, 0.3) is 33.4 Å². The van der Waals surface area contributed by atoms with E-state index >= 15 is 0 Å². The summed E-state index contributed by atoms with van der Waals surface area (Å²) in [7, 11) is 14.3. The Morgan fingerprint density at radius 3 is 0.548 bits per heavy atom. The first-order chi connectivity index (χ1) is 20.4. The van der Waals surface area contributed by atoms with Gasteiger partial charge in [-0.1, -0.05) is 0 Å². The van der Waals surface area contributed by atoms with Gasteiger partial charge in [0.1, 0.15) is 0 Å². The molecule has 0 N–H and O–H groups in total. The predicted molar refractivity (Wildman–Crippen MR) is 162 cm³/mol. The molecule has 0 spiro atoms. The van der Waals surface area contributed by atoms with Gasteiger partial charge in [-0.3, -0.25) is 0 Å². The van der Waals surface area contributed by atoms with Gasteiger partial charge >= 0.3 is 0 Å². The summed E-state index contributed by atoms with van der Waals surface area (Å²) in [6, 6.07) is 17.7. The molecule has 0 heterocycles. The van der Waals surface area contributed by atoms with Crippen molar-refractivity contribution in [2.75, 3.05) is 64.0 Å². The Kier molecular flexibility index (Phi) is 9.42. The second kappa shape index (κ2) is 13.2. The van der Waals surface area contributed by atoms with E-state index in [9.17, 15) is 0 Å². The Labute approximate surface area is 246 Å². The average molecular weight is 577 g/mol. The first-order valence-corrected chi connectivity index (χ1v) is 13.0. The van der Waals surface area contributed by atoms with Gasteiger partial charge in [0.25, 0.3) is 0 Å². The second-order valence-corrected chi connectivity index (χ2v) is 9.04. The van der Waals surface area contributed by atoms with E-state index in [2.05, 4.69) is 18.2 Å². The lowest BCUT2D eigenvalue weighted by Gasteiger charge is -2.18. The molecule has 0 bridgehead atoms. The Morgan fingerprint density at radius 2 is 0.405 bits per heavy atom. The Morgan fingerprint density at radius 1 is 0.238 bits per heavy atom. The van der Waals surface area contributed by atoms with Gasteiger partial charge in [-0.25, -0.2) is 0 Å². The van der Waals surface area contributed by atoms with Crippen molar-refractivity contribution in [2.24, 2.45) is 0 Å². The smallest absolute Gasteiger partial charge is 0.203 e. The monoisotopic (exact) mass is 576 g/mol. The highest BCUT2D eigenvalue weighted by Crippen LogP contribution is 2.47. The summed E-state index contributed by atoms with van der Waals surface area (Å²) in [5, 5.41) is 0. The zero-order chi connectivity index (χ0) is 30.4. The minimum atomic E-state index is 0.509. The number of methoxy groups -OCH3 is 9. The van der Waals surface area contributed by atoms with Crippen LogP contribution in [0.4, 0.5) is 0 Å². The molecule has 0 saturated heterocycles. The fourth-order valence-electron chi connectivity index (χ4n) is 4.87. The molecular weight excluding hydrogens is 540 g/mol. The molecule has 0 aromatic heterocycles. The third kappa shape index (κ3) is 5.63. The van der Waals surface area contributed by atoms with Gasteiger partial charge in [-0.15, -0.1) is 0 Å². The Balaban J connectivity index is 2.05. The summed E-state index contributed by atoms with van der Waals surface area (Å²) in [5.74, 6) is 4.77. The fraction of sp³-hybridized carbons (Fsp3) is 0.273. The van der Waals surface area contributed by atoms with E-state index in [1.807, 2.05) is 36.4 Å². The molecule has 222 valence electrons. The lowest BCUT2D eigenvalue weighted by molar-refractivity contribution is 0.324. The maximum atomic E-state index is 5.64. The average Bonchev–Trinajstić information content (AvgIpc) is 3.05.